The highest BCUT2D eigenvalue weighted by Crippen LogP contribution is 2.23. The summed E-state index contributed by atoms with van der Waals surface area (Å²) in [5, 5.41) is 8.13. The molecule has 1 aromatic carbocycles. The van der Waals surface area contributed by atoms with Crippen LogP contribution >= 0.6 is 0 Å². The first-order valence-corrected chi connectivity index (χ1v) is 10.6. The molecule has 0 bridgehead atoms. The van der Waals surface area contributed by atoms with Gasteiger partial charge in [0.05, 0.1) is 24.5 Å². The minimum Gasteiger partial charge on any atom is -0.493 e. The number of amides is 1. The molecule has 2 aromatic rings. The van der Waals surface area contributed by atoms with Crippen LogP contribution in [0.1, 0.15) is 54.1 Å². The molecule has 0 unspecified atom stereocenters. The lowest BCUT2D eigenvalue weighted by Gasteiger charge is -2.20. The lowest BCUT2D eigenvalue weighted by molar-refractivity contribution is -0.130. The first-order valence-electron chi connectivity index (χ1n) is 10.6. The van der Waals surface area contributed by atoms with Gasteiger partial charge in [-0.2, -0.15) is 5.10 Å². The Kier molecular flexibility index (Phi) is 7.31. The number of benzene rings is 1. The van der Waals surface area contributed by atoms with Gasteiger partial charge in [-0.15, -0.1) is 0 Å². The number of nitrogens with zero attached hydrogens (tertiary/aromatic N) is 3. The molecule has 6 nitrogen and oxygen atoms in total. The molecule has 1 aromatic heterocycles. The zero-order valence-electron chi connectivity index (χ0n) is 18.2. The molecule has 0 spiro atoms. The molecule has 29 heavy (non-hydrogen) atoms. The van der Waals surface area contributed by atoms with Crippen molar-refractivity contribution in [2.24, 2.45) is 7.05 Å². The Morgan fingerprint density at radius 3 is 2.90 bits per heavy atom. The van der Waals surface area contributed by atoms with Crippen LogP contribution in [-0.4, -0.2) is 47.3 Å². The van der Waals surface area contributed by atoms with Crippen molar-refractivity contribution < 1.29 is 9.53 Å². The predicted octanol–water partition coefficient (Wildman–Crippen LogP) is 3.32. The van der Waals surface area contributed by atoms with Gasteiger partial charge in [-0.05, 0) is 57.4 Å². The van der Waals surface area contributed by atoms with Crippen molar-refractivity contribution in [1.29, 1.82) is 0 Å². The smallest absolute Gasteiger partial charge is 0.222 e. The number of carbonyl (C=O) groups is 1. The summed E-state index contributed by atoms with van der Waals surface area (Å²) in [4.78, 5) is 14.3. The van der Waals surface area contributed by atoms with Crippen molar-refractivity contribution in [1.82, 2.24) is 20.0 Å². The molecule has 3 rings (SSSR count). The Balaban J connectivity index is 1.45. The van der Waals surface area contributed by atoms with E-state index in [1.807, 2.05) is 37.8 Å². The monoisotopic (exact) mass is 398 g/mol. The summed E-state index contributed by atoms with van der Waals surface area (Å²) in [7, 11) is 3.83. The number of carbonyl (C=O) groups excluding carboxylic acids is 1. The molecule has 0 aliphatic carbocycles. The molecule has 158 valence electrons. The summed E-state index contributed by atoms with van der Waals surface area (Å²) in [6, 6.07) is 8.32. The maximum absolute atomic E-state index is 12.5. The number of aromatic nitrogens is 2. The van der Waals surface area contributed by atoms with E-state index in [1.165, 1.54) is 18.4 Å². The topological polar surface area (TPSA) is 59.4 Å². The molecule has 2 heterocycles. The van der Waals surface area contributed by atoms with Crippen molar-refractivity contribution in [3.8, 4) is 5.75 Å². The van der Waals surface area contributed by atoms with E-state index in [4.69, 9.17) is 4.74 Å². The quantitative estimate of drug-likeness (QED) is 0.693. The van der Waals surface area contributed by atoms with Crippen LogP contribution in [0.2, 0.25) is 0 Å². The number of rotatable bonds is 8. The first-order chi connectivity index (χ1) is 13.9. The van der Waals surface area contributed by atoms with E-state index in [-0.39, 0.29) is 5.91 Å². The van der Waals surface area contributed by atoms with Gasteiger partial charge in [-0.1, -0.05) is 17.7 Å². The molecule has 1 N–H and O–H groups in total. The Morgan fingerprint density at radius 1 is 1.34 bits per heavy atom. The van der Waals surface area contributed by atoms with Crippen molar-refractivity contribution in [2.75, 3.05) is 26.7 Å². The van der Waals surface area contributed by atoms with E-state index in [2.05, 4.69) is 29.5 Å². The van der Waals surface area contributed by atoms with Gasteiger partial charge >= 0.3 is 0 Å². The Morgan fingerprint density at radius 2 is 2.17 bits per heavy atom. The van der Waals surface area contributed by atoms with E-state index < -0.39 is 0 Å². The van der Waals surface area contributed by atoms with Gasteiger partial charge in [0.25, 0.3) is 0 Å². The van der Waals surface area contributed by atoms with Gasteiger partial charge in [0.2, 0.25) is 5.91 Å². The Labute approximate surface area is 174 Å². The third-order valence-electron chi connectivity index (χ3n) is 5.66. The van der Waals surface area contributed by atoms with Crippen LogP contribution < -0.4 is 10.1 Å². The molecule has 1 aliphatic rings. The highest BCUT2D eigenvalue weighted by Gasteiger charge is 2.20. The second kappa shape index (κ2) is 9.92. The van der Waals surface area contributed by atoms with Crippen LogP contribution in [0.15, 0.2) is 24.3 Å². The van der Waals surface area contributed by atoms with Gasteiger partial charge in [0.15, 0.2) is 0 Å². The standard InChI is InChI=1S/C23H34N4O2/c1-17-9-10-22(18(2)13-17)29-12-6-8-23(28)26(3)16-20-14-21(25-27(20)4)19-7-5-11-24-15-19/h9-10,13-14,19,24H,5-8,11-12,15-16H2,1-4H3/t19-/m1/s1. The molecular weight excluding hydrogens is 364 g/mol. The van der Waals surface area contributed by atoms with E-state index in [1.54, 1.807) is 4.90 Å². The Hall–Kier alpha value is -2.34. The number of hydrogen-bond acceptors (Lipinski definition) is 4. The highest BCUT2D eigenvalue weighted by atomic mass is 16.5. The van der Waals surface area contributed by atoms with Crippen LogP contribution in [0, 0.1) is 13.8 Å². The third-order valence-corrected chi connectivity index (χ3v) is 5.66. The summed E-state index contributed by atoms with van der Waals surface area (Å²) >= 11 is 0. The van der Waals surface area contributed by atoms with E-state index >= 15 is 0 Å². The van der Waals surface area contributed by atoms with Gasteiger partial charge in [-0.3, -0.25) is 9.48 Å². The molecule has 1 amide bonds. The van der Waals surface area contributed by atoms with Crippen molar-refractivity contribution in [3.63, 3.8) is 0 Å². The summed E-state index contributed by atoms with van der Waals surface area (Å²) in [5.74, 6) is 1.51. The number of nitrogens with one attached hydrogen (secondary N) is 1. The number of hydrogen-bond donors (Lipinski definition) is 1. The zero-order chi connectivity index (χ0) is 20.8. The highest BCUT2D eigenvalue weighted by molar-refractivity contribution is 5.75. The maximum atomic E-state index is 12.5. The second-order valence-corrected chi connectivity index (χ2v) is 8.20. The van der Waals surface area contributed by atoms with Crippen LogP contribution in [0.3, 0.4) is 0 Å². The lowest BCUT2D eigenvalue weighted by Crippen LogP contribution is -2.28. The van der Waals surface area contributed by atoms with Crippen molar-refractivity contribution >= 4 is 5.91 Å². The van der Waals surface area contributed by atoms with Crippen LogP contribution in [-0.2, 0) is 18.4 Å². The maximum Gasteiger partial charge on any atom is 0.222 e. The lowest BCUT2D eigenvalue weighted by atomic mass is 9.96. The summed E-state index contributed by atoms with van der Waals surface area (Å²) in [6.07, 6.45) is 3.57. The molecule has 0 saturated carbocycles. The molecule has 6 heteroatoms. The minimum atomic E-state index is 0.135. The van der Waals surface area contributed by atoms with E-state index in [9.17, 15) is 4.79 Å². The largest absolute Gasteiger partial charge is 0.493 e. The molecule has 0 radical (unpaired) electrons. The zero-order valence-corrected chi connectivity index (χ0v) is 18.2. The fourth-order valence-corrected chi connectivity index (χ4v) is 3.87. The minimum absolute atomic E-state index is 0.135. The van der Waals surface area contributed by atoms with E-state index in [0.717, 1.165) is 35.8 Å². The van der Waals surface area contributed by atoms with Gasteiger partial charge in [-0.25, -0.2) is 0 Å². The molecule has 1 aliphatic heterocycles. The molecule has 1 saturated heterocycles. The summed E-state index contributed by atoms with van der Waals surface area (Å²) < 4.78 is 7.75. The fraction of sp³-hybridized carbons (Fsp3) is 0.565. The predicted molar refractivity (Wildman–Crippen MR) is 115 cm³/mol. The average molecular weight is 399 g/mol. The number of piperidine rings is 1. The third kappa shape index (κ3) is 5.82. The second-order valence-electron chi connectivity index (χ2n) is 8.20. The molecular formula is C23H34N4O2. The first kappa shape index (κ1) is 21.4. The van der Waals surface area contributed by atoms with Crippen LogP contribution in [0.4, 0.5) is 0 Å². The number of ether oxygens (including phenoxy) is 1. The van der Waals surface area contributed by atoms with Crippen LogP contribution in [0.5, 0.6) is 5.75 Å². The van der Waals surface area contributed by atoms with Gasteiger partial charge in [0.1, 0.15) is 5.75 Å². The van der Waals surface area contributed by atoms with Gasteiger partial charge in [0, 0.05) is 33.0 Å². The molecule has 1 atom stereocenters. The summed E-state index contributed by atoms with van der Waals surface area (Å²) in [5.41, 5.74) is 4.57. The van der Waals surface area contributed by atoms with E-state index in [0.29, 0.717) is 31.9 Å². The normalized spacial score (nSPS) is 16.6. The summed E-state index contributed by atoms with van der Waals surface area (Å²) in [6.45, 7) is 7.34. The van der Waals surface area contributed by atoms with Crippen molar-refractivity contribution in [3.05, 3.63) is 46.8 Å². The fourth-order valence-electron chi connectivity index (χ4n) is 3.87. The average Bonchev–Trinajstić information content (AvgIpc) is 3.07. The van der Waals surface area contributed by atoms with Gasteiger partial charge < -0.3 is 15.0 Å². The van der Waals surface area contributed by atoms with Crippen molar-refractivity contribution in [2.45, 2.75) is 52.0 Å². The Bertz CT molecular complexity index is 824. The molecule has 1 fully saturated rings. The number of aryl methyl sites for hydroxylation is 3. The van der Waals surface area contributed by atoms with Crippen LogP contribution in [0.25, 0.3) is 0 Å². The SMILES string of the molecule is Cc1ccc(OCCCC(=O)N(C)Cc2cc([C@@H]3CCCNC3)nn2C)c(C)c1.